The number of anilines is 1. The molecule has 2 aromatic rings. The molecule has 1 heterocycles. The number of methoxy groups -OCH3 is 1. The van der Waals surface area contributed by atoms with Gasteiger partial charge in [0.15, 0.2) is 11.5 Å². The van der Waals surface area contributed by atoms with Crippen LogP contribution in [-0.2, 0) is 14.4 Å². The van der Waals surface area contributed by atoms with Crippen LogP contribution in [0.25, 0.3) is 6.08 Å². The van der Waals surface area contributed by atoms with E-state index in [4.69, 9.17) is 9.47 Å². The van der Waals surface area contributed by atoms with Crippen LogP contribution < -0.4 is 19.9 Å². The highest BCUT2D eigenvalue weighted by Gasteiger charge is 2.34. The Morgan fingerprint density at radius 3 is 2.64 bits per heavy atom. The summed E-state index contributed by atoms with van der Waals surface area (Å²) in [6, 6.07) is 11.8. The van der Waals surface area contributed by atoms with Gasteiger partial charge in [-0.25, -0.2) is 5.01 Å². The lowest BCUT2D eigenvalue weighted by molar-refractivity contribution is -0.134. The predicted octanol–water partition coefficient (Wildman–Crippen LogP) is 3.23. The Hall–Kier alpha value is -3.13. The van der Waals surface area contributed by atoms with Crippen LogP contribution in [0.15, 0.2) is 52.5 Å². The second-order valence-electron chi connectivity index (χ2n) is 5.86. The second kappa shape index (κ2) is 8.26. The minimum atomic E-state index is -0.509. The number of benzene rings is 2. The lowest BCUT2D eigenvalue weighted by Crippen LogP contribution is -2.35. The van der Waals surface area contributed by atoms with E-state index in [1.54, 1.807) is 43.3 Å². The molecule has 0 spiro atoms. The second-order valence-corrected chi connectivity index (χ2v) is 6.77. The van der Waals surface area contributed by atoms with Crippen molar-refractivity contribution in [2.45, 2.75) is 13.3 Å². The van der Waals surface area contributed by atoms with Gasteiger partial charge >= 0.3 is 5.97 Å². The molecule has 0 bridgehead atoms. The number of esters is 1. The smallest absolute Gasteiger partial charge is 0.311 e. The summed E-state index contributed by atoms with van der Waals surface area (Å²) in [6.07, 6.45) is 1.69. The Morgan fingerprint density at radius 2 is 1.96 bits per heavy atom. The van der Waals surface area contributed by atoms with Crippen molar-refractivity contribution in [1.29, 1.82) is 0 Å². The molecule has 1 aliphatic heterocycles. The van der Waals surface area contributed by atoms with Crippen LogP contribution in [0.4, 0.5) is 5.69 Å². The molecule has 3 rings (SSSR count). The molecule has 7 nitrogen and oxygen atoms in total. The fraction of sp³-hybridized carbons (Fsp3) is 0.150. The summed E-state index contributed by atoms with van der Waals surface area (Å²) in [5.41, 5.74) is 3.63. The van der Waals surface area contributed by atoms with E-state index >= 15 is 0 Å². The third kappa shape index (κ3) is 4.07. The molecular formula is C20H17BrN2O5. The van der Waals surface area contributed by atoms with Crippen molar-refractivity contribution < 1.29 is 23.9 Å². The minimum Gasteiger partial charge on any atom is -0.493 e. The first-order chi connectivity index (χ1) is 13.4. The molecule has 1 N–H and O–H groups in total. The Labute approximate surface area is 170 Å². The number of ether oxygens (including phenoxy) is 2. The first kappa shape index (κ1) is 19.6. The van der Waals surface area contributed by atoms with E-state index in [0.29, 0.717) is 17.0 Å². The molecule has 0 aliphatic carbocycles. The highest BCUT2D eigenvalue weighted by Crippen LogP contribution is 2.30. The summed E-state index contributed by atoms with van der Waals surface area (Å²) in [7, 11) is 1.44. The maximum Gasteiger partial charge on any atom is 0.311 e. The van der Waals surface area contributed by atoms with E-state index < -0.39 is 11.8 Å². The maximum absolute atomic E-state index is 12.7. The first-order valence-electron chi connectivity index (χ1n) is 8.44. The Bertz CT molecular complexity index is 986. The van der Waals surface area contributed by atoms with Gasteiger partial charge in [0.2, 0.25) is 0 Å². The van der Waals surface area contributed by atoms with Gasteiger partial charge in [-0.2, -0.15) is 0 Å². The number of carbonyl (C=O) groups is 3. The van der Waals surface area contributed by atoms with E-state index in [2.05, 4.69) is 21.4 Å². The molecule has 0 unspecified atom stereocenters. The van der Waals surface area contributed by atoms with E-state index in [-0.39, 0.29) is 23.7 Å². The molecule has 28 heavy (non-hydrogen) atoms. The van der Waals surface area contributed by atoms with Gasteiger partial charge in [0.25, 0.3) is 11.8 Å². The summed E-state index contributed by atoms with van der Waals surface area (Å²) >= 11 is 3.34. The van der Waals surface area contributed by atoms with Crippen LogP contribution in [0, 0.1) is 0 Å². The highest BCUT2D eigenvalue weighted by molar-refractivity contribution is 9.10. The fourth-order valence-corrected chi connectivity index (χ4v) is 2.96. The molecule has 1 aliphatic rings. The van der Waals surface area contributed by atoms with Crippen molar-refractivity contribution in [2.24, 2.45) is 0 Å². The number of halogens is 1. The van der Waals surface area contributed by atoms with Crippen molar-refractivity contribution in [3.8, 4) is 11.5 Å². The van der Waals surface area contributed by atoms with Gasteiger partial charge in [-0.1, -0.05) is 35.0 Å². The van der Waals surface area contributed by atoms with Gasteiger partial charge in [0, 0.05) is 10.9 Å². The quantitative estimate of drug-likeness (QED) is 0.331. The van der Waals surface area contributed by atoms with Crippen molar-refractivity contribution >= 4 is 45.5 Å². The molecule has 0 atom stereocenters. The molecule has 0 saturated carbocycles. The average molecular weight is 445 g/mol. The van der Waals surface area contributed by atoms with Gasteiger partial charge < -0.3 is 9.47 Å². The normalized spacial score (nSPS) is 15.0. The number of hydrazine groups is 1. The summed E-state index contributed by atoms with van der Waals surface area (Å²) < 4.78 is 11.2. The van der Waals surface area contributed by atoms with Crippen molar-refractivity contribution in [3.05, 3.63) is 58.1 Å². The lowest BCUT2D eigenvalue weighted by Gasteiger charge is -2.14. The van der Waals surface area contributed by atoms with E-state index in [0.717, 1.165) is 4.47 Å². The third-order valence-corrected chi connectivity index (χ3v) is 4.46. The van der Waals surface area contributed by atoms with Crippen molar-refractivity contribution in [1.82, 2.24) is 5.43 Å². The number of nitrogens with zero attached hydrogens (tertiary/aromatic N) is 1. The molecule has 0 radical (unpaired) electrons. The summed E-state index contributed by atoms with van der Waals surface area (Å²) in [5, 5.41) is 1.19. The van der Waals surface area contributed by atoms with Crippen LogP contribution in [0.2, 0.25) is 0 Å². The molecule has 8 heteroatoms. The average Bonchev–Trinajstić information content (AvgIpc) is 2.97. The molecule has 144 valence electrons. The Kier molecular flexibility index (Phi) is 5.79. The number of hydrogen-bond donors (Lipinski definition) is 1. The number of nitrogens with one attached hydrogen (secondary N) is 1. The zero-order valence-corrected chi connectivity index (χ0v) is 16.8. The van der Waals surface area contributed by atoms with Gasteiger partial charge in [-0.15, -0.1) is 0 Å². The largest absolute Gasteiger partial charge is 0.493 e. The van der Waals surface area contributed by atoms with Gasteiger partial charge in [0.05, 0.1) is 12.8 Å². The van der Waals surface area contributed by atoms with Gasteiger partial charge in [-0.3, -0.25) is 19.8 Å². The van der Waals surface area contributed by atoms with Gasteiger partial charge in [-0.05, 0) is 42.0 Å². The summed E-state index contributed by atoms with van der Waals surface area (Å²) in [6.45, 7) is 1.69. The molecule has 2 amide bonds. The number of hydrogen-bond acceptors (Lipinski definition) is 5. The van der Waals surface area contributed by atoms with Crippen LogP contribution in [-0.4, -0.2) is 24.9 Å². The zero-order chi connectivity index (χ0) is 20.3. The molecule has 1 saturated heterocycles. The van der Waals surface area contributed by atoms with E-state index in [1.165, 1.54) is 18.2 Å². The molecule has 1 fully saturated rings. The van der Waals surface area contributed by atoms with Crippen LogP contribution >= 0.6 is 15.9 Å². The summed E-state index contributed by atoms with van der Waals surface area (Å²) in [5.74, 6) is -0.770. The molecule has 2 aromatic carbocycles. The highest BCUT2D eigenvalue weighted by atomic mass is 79.9. The van der Waals surface area contributed by atoms with Crippen molar-refractivity contribution in [3.63, 3.8) is 0 Å². The van der Waals surface area contributed by atoms with Crippen LogP contribution in [0.3, 0.4) is 0 Å². The number of amides is 2. The lowest BCUT2D eigenvalue weighted by atomic mass is 10.1. The standard InChI is InChI=1S/C20H17BrN2O5/c1-3-18(24)28-16-8-7-12(10-17(16)27-2)9-15-19(25)22-23(20(15)26)14-6-4-5-13(21)11-14/h4-11H,3H2,1-2H3,(H,22,25). The minimum absolute atomic E-state index is 0.0136. The fourth-order valence-electron chi connectivity index (χ4n) is 2.57. The Morgan fingerprint density at radius 1 is 1.18 bits per heavy atom. The summed E-state index contributed by atoms with van der Waals surface area (Å²) in [4.78, 5) is 36.5. The number of carbonyl (C=O) groups excluding carboxylic acids is 3. The van der Waals surface area contributed by atoms with Gasteiger partial charge in [0.1, 0.15) is 5.57 Å². The van der Waals surface area contributed by atoms with E-state index in [1.807, 2.05) is 6.07 Å². The third-order valence-electron chi connectivity index (χ3n) is 3.97. The van der Waals surface area contributed by atoms with Crippen LogP contribution in [0.1, 0.15) is 18.9 Å². The Balaban J connectivity index is 1.89. The monoisotopic (exact) mass is 444 g/mol. The first-order valence-corrected chi connectivity index (χ1v) is 9.23. The molecule has 0 aromatic heterocycles. The number of rotatable bonds is 5. The topological polar surface area (TPSA) is 84.9 Å². The van der Waals surface area contributed by atoms with Crippen molar-refractivity contribution in [2.75, 3.05) is 12.1 Å². The van der Waals surface area contributed by atoms with Crippen LogP contribution in [0.5, 0.6) is 11.5 Å². The SMILES string of the molecule is CCC(=O)Oc1ccc(C=C2C(=O)NN(c3cccc(Br)c3)C2=O)cc1OC. The predicted molar refractivity (Wildman–Crippen MR) is 107 cm³/mol. The maximum atomic E-state index is 12.7. The zero-order valence-electron chi connectivity index (χ0n) is 15.2. The molecular weight excluding hydrogens is 428 g/mol. The van der Waals surface area contributed by atoms with E-state index in [9.17, 15) is 14.4 Å².